The van der Waals surface area contributed by atoms with Crippen LogP contribution in [0, 0.1) is 0 Å². The molecule has 6 heteroatoms. The second-order valence-corrected chi connectivity index (χ2v) is 8.47. The average molecular weight is 434 g/mol. The third-order valence-corrected chi connectivity index (χ3v) is 6.37. The normalized spacial score (nSPS) is 14.5. The second kappa shape index (κ2) is 10.4. The fourth-order valence-electron chi connectivity index (χ4n) is 3.97. The Bertz CT molecular complexity index is 929. The van der Waals surface area contributed by atoms with Crippen LogP contribution in [0.15, 0.2) is 77.5 Å². The molecule has 3 aromatic rings. The Morgan fingerprint density at radius 3 is 2.03 bits per heavy atom. The van der Waals surface area contributed by atoms with E-state index < -0.39 is 0 Å². The third kappa shape index (κ3) is 5.40. The van der Waals surface area contributed by atoms with Crippen molar-refractivity contribution in [1.82, 2.24) is 15.1 Å². The molecule has 0 atom stereocenters. The number of carbonyl (C=O) groups excluding carboxylic acids is 2. The minimum absolute atomic E-state index is 0.0173. The van der Waals surface area contributed by atoms with Gasteiger partial charge in [0.15, 0.2) is 0 Å². The SMILES string of the molecule is O=C(NCCN1CCN(C(=O)c2ccsc2)CC1)C(c1ccccc1)c1ccccc1. The Labute approximate surface area is 187 Å². The number of hydrogen-bond donors (Lipinski definition) is 1. The summed E-state index contributed by atoms with van der Waals surface area (Å²) in [7, 11) is 0. The highest BCUT2D eigenvalue weighted by atomic mass is 32.1. The quantitative estimate of drug-likeness (QED) is 0.621. The molecule has 0 saturated carbocycles. The maximum absolute atomic E-state index is 13.1. The van der Waals surface area contributed by atoms with Crippen molar-refractivity contribution in [3.8, 4) is 0 Å². The number of nitrogens with zero attached hydrogens (tertiary/aromatic N) is 2. The van der Waals surface area contributed by atoms with Crippen LogP contribution >= 0.6 is 11.3 Å². The number of thiophene rings is 1. The first kappa shape index (κ1) is 21.3. The van der Waals surface area contributed by atoms with Crippen molar-refractivity contribution in [2.24, 2.45) is 0 Å². The molecule has 0 spiro atoms. The lowest BCUT2D eigenvalue weighted by Crippen LogP contribution is -2.50. The van der Waals surface area contributed by atoms with E-state index in [4.69, 9.17) is 0 Å². The highest BCUT2D eigenvalue weighted by molar-refractivity contribution is 7.08. The first-order valence-corrected chi connectivity index (χ1v) is 11.6. The van der Waals surface area contributed by atoms with Crippen molar-refractivity contribution in [3.63, 3.8) is 0 Å². The summed E-state index contributed by atoms with van der Waals surface area (Å²) < 4.78 is 0. The minimum atomic E-state index is -0.317. The van der Waals surface area contributed by atoms with Crippen LogP contribution in [0.3, 0.4) is 0 Å². The van der Waals surface area contributed by atoms with Gasteiger partial charge in [-0.2, -0.15) is 11.3 Å². The van der Waals surface area contributed by atoms with Gasteiger partial charge in [-0.3, -0.25) is 14.5 Å². The van der Waals surface area contributed by atoms with Crippen LogP contribution in [0.25, 0.3) is 0 Å². The smallest absolute Gasteiger partial charge is 0.254 e. The summed E-state index contributed by atoms with van der Waals surface area (Å²) in [5, 5.41) is 6.96. The summed E-state index contributed by atoms with van der Waals surface area (Å²) in [6, 6.07) is 21.7. The highest BCUT2D eigenvalue weighted by Gasteiger charge is 2.24. The second-order valence-electron chi connectivity index (χ2n) is 7.69. The number of amides is 2. The van der Waals surface area contributed by atoms with Crippen LogP contribution in [0.1, 0.15) is 27.4 Å². The Morgan fingerprint density at radius 1 is 0.871 bits per heavy atom. The van der Waals surface area contributed by atoms with Gasteiger partial charge in [0.1, 0.15) is 0 Å². The zero-order valence-corrected chi connectivity index (χ0v) is 18.3. The van der Waals surface area contributed by atoms with E-state index in [0.29, 0.717) is 6.54 Å². The van der Waals surface area contributed by atoms with Gasteiger partial charge in [0.25, 0.3) is 5.91 Å². The lowest BCUT2D eigenvalue weighted by Gasteiger charge is -2.34. The molecular formula is C25H27N3O2S. The van der Waals surface area contributed by atoms with Crippen molar-refractivity contribution in [2.45, 2.75) is 5.92 Å². The highest BCUT2D eigenvalue weighted by Crippen LogP contribution is 2.24. The number of hydrogen-bond acceptors (Lipinski definition) is 4. The van der Waals surface area contributed by atoms with Crippen molar-refractivity contribution in [1.29, 1.82) is 0 Å². The van der Waals surface area contributed by atoms with Crippen LogP contribution in [-0.2, 0) is 4.79 Å². The van der Waals surface area contributed by atoms with E-state index in [9.17, 15) is 9.59 Å². The van der Waals surface area contributed by atoms with Gasteiger partial charge in [-0.1, -0.05) is 60.7 Å². The predicted octanol–water partition coefficient (Wildman–Crippen LogP) is 3.45. The maximum atomic E-state index is 13.1. The lowest BCUT2D eigenvalue weighted by molar-refractivity contribution is -0.121. The Balaban J connectivity index is 1.29. The molecule has 160 valence electrons. The summed E-state index contributed by atoms with van der Waals surface area (Å²) in [4.78, 5) is 29.8. The molecule has 2 heterocycles. The molecule has 0 radical (unpaired) electrons. The Morgan fingerprint density at radius 2 is 1.48 bits per heavy atom. The minimum Gasteiger partial charge on any atom is -0.354 e. The van der Waals surface area contributed by atoms with Crippen LogP contribution in [0.2, 0.25) is 0 Å². The predicted molar refractivity (Wildman–Crippen MR) is 124 cm³/mol. The Kier molecular flexibility index (Phi) is 7.12. The van der Waals surface area contributed by atoms with Gasteiger partial charge in [-0.25, -0.2) is 0 Å². The lowest BCUT2D eigenvalue weighted by atomic mass is 9.90. The van der Waals surface area contributed by atoms with E-state index in [1.807, 2.05) is 82.4 Å². The molecule has 1 aliphatic heterocycles. The summed E-state index contributed by atoms with van der Waals surface area (Å²) in [5.74, 6) is -0.186. The van der Waals surface area contributed by atoms with Gasteiger partial charge >= 0.3 is 0 Å². The van der Waals surface area contributed by atoms with E-state index >= 15 is 0 Å². The molecule has 31 heavy (non-hydrogen) atoms. The first-order chi connectivity index (χ1) is 15.2. The summed E-state index contributed by atoms with van der Waals surface area (Å²) >= 11 is 1.55. The molecule has 4 rings (SSSR count). The summed E-state index contributed by atoms with van der Waals surface area (Å²) in [6.45, 7) is 4.47. The topological polar surface area (TPSA) is 52.7 Å². The fraction of sp³-hybridized carbons (Fsp3) is 0.280. The van der Waals surface area contributed by atoms with E-state index in [0.717, 1.165) is 49.4 Å². The van der Waals surface area contributed by atoms with Crippen LogP contribution in [0.5, 0.6) is 0 Å². The van der Waals surface area contributed by atoms with Crippen molar-refractivity contribution in [2.75, 3.05) is 39.3 Å². The largest absolute Gasteiger partial charge is 0.354 e. The van der Waals surface area contributed by atoms with E-state index in [-0.39, 0.29) is 17.7 Å². The molecule has 2 aromatic carbocycles. The monoisotopic (exact) mass is 433 g/mol. The summed E-state index contributed by atoms with van der Waals surface area (Å²) in [5.41, 5.74) is 2.76. The summed E-state index contributed by atoms with van der Waals surface area (Å²) in [6.07, 6.45) is 0. The molecule has 5 nitrogen and oxygen atoms in total. The number of carbonyl (C=O) groups is 2. The zero-order chi connectivity index (χ0) is 21.5. The Hall–Kier alpha value is -2.96. The van der Waals surface area contributed by atoms with Gasteiger partial charge < -0.3 is 10.2 Å². The van der Waals surface area contributed by atoms with E-state index in [1.165, 1.54) is 0 Å². The van der Waals surface area contributed by atoms with Gasteiger partial charge in [-0.05, 0) is 22.6 Å². The average Bonchev–Trinajstić information content (AvgIpc) is 3.36. The van der Waals surface area contributed by atoms with Gasteiger partial charge in [0.05, 0.1) is 11.5 Å². The molecule has 1 aliphatic rings. The first-order valence-electron chi connectivity index (χ1n) is 10.6. The van der Waals surface area contributed by atoms with Gasteiger partial charge in [0, 0.05) is 44.6 Å². The van der Waals surface area contributed by atoms with Crippen LogP contribution in [0.4, 0.5) is 0 Å². The number of nitrogens with one attached hydrogen (secondary N) is 1. The number of rotatable bonds is 7. The van der Waals surface area contributed by atoms with Crippen molar-refractivity contribution >= 4 is 23.2 Å². The van der Waals surface area contributed by atoms with Gasteiger partial charge in [0.2, 0.25) is 5.91 Å². The van der Waals surface area contributed by atoms with E-state index in [2.05, 4.69) is 10.2 Å². The van der Waals surface area contributed by atoms with Gasteiger partial charge in [-0.15, -0.1) is 0 Å². The standard InChI is InChI=1S/C25H27N3O2S/c29-24(23(20-7-3-1-4-8-20)21-9-5-2-6-10-21)26-12-13-27-14-16-28(17-15-27)25(30)22-11-18-31-19-22/h1-11,18-19,23H,12-17H2,(H,26,29). The van der Waals surface area contributed by atoms with Crippen molar-refractivity contribution in [3.05, 3.63) is 94.2 Å². The van der Waals surface area contributed by atoms with Crippen LogP contribution in [-0.4, -0.2) is 60.9 Å². The van der Waals surface area contributed by atoms with E-state index in [1.54, 1.807) is 11.3 Å². The molecule has 1 saturated heterocycles. The third-order valence-electron chi connectivity index (χ3n) is 5.68. The molecule has 2 amide bonds. The molecular weight excluding hydrogens is 406 g/mol. The van der Waals surface area contributed by atoms with Crippen LogP contribution < -0.4 is 5.32 Å². The van der Waals surface area contributed by atoms with Crippen molar-refractivity contribution < 1.29 is 9.59 Å². The number of piperazine rings is 1. The molecule has 0 unspecified atom stereocenters. The molecule has 1 N–H and O–H groups in total. The number of benzene rings is 2. The zero-order valence-electron chi connectivity index (χ0n) is 17.4. The molecule has 0 aliphatic carbocycles. The molecule has 1 aromatic heterocycles. The fourth-order valence-corrected chi connectivity index (χ4v) is 4.60. The maximum Gasteiger partial charge on any atom is 0.254 e. The molecule has 1 fully saturated rings. The molecule has 0 bridgehead atoms.